The third-order valence-corrected chi connectivity index (χ3v) is 5.54. The molecule has 0 fully saturated rings. The number of para-hydroxylation sites is 1. The minimum Gasteiger partial charge on any atom is -0.486 e. The maximum absolute atomic E-state index is 12.9. The van der Waals surface area contributed by atoms with Crippen molar-refractivity contribution in [3.05, 3.63) is 88.6 Å². The van der Waals surface area contributed by atoms with E-state index in [-0.39, 0.29) is 5.56 Å². The molecule has 32 heavy (non-hydrogen) atoms. The second kappa shape index (κ2) is 8.76. The first-order chi connectivity index (χ1) is 15.7. The van der Waals surface area contributed by atoms with Crippen molar-refractivity contribution in [3.63, 3.8) is 0 Å². The van der Waals surface area contributed by atoms with Gasteiger partial charge in [0.2, 0.25) is 0 Å². The van der Waals surface area contributed by atoms with E-state index in [1.807, 2.05) is 59.5 Å². The zero-order valence-corrected chi connectivity index (χ0v) is 18.0. The summed E-state index contributed by atoms with van der Waals surface area (Å²) < 4.78 is 16.8. The number of nitrogens with one attached hydrogen (secondary N) is 2. The van der Waals surface area contributed by atoms with Crippen LogP contribution in [0.4, 0.5) is 5.69 Å². The van der Waals surface area contributed by atoms with Crippen LogP contribution in [0.3, 0.4) is 0 Å². The van der Waals surface area contributed by atoms with E-state index < -0.39 is 0 Å². The number of pyridine rings is 1. The Kier molecular flexibility index (Phi) is 5.51. The number of fused-ring (bicyclic) bond motifs is 2. The number of hydrogen-bond donors (Lipinski definition) is 2. The summed E-state index contributed by atoms with van der Waals surface area (Å²) in [6, 6.07) is 18.9. The van der Waals surface area contributed by atoms with E-state index in [1.54, 1.807) is 12.3 Å². The van der Waals surface area contributed by atoms with E-state index in [9.17, 15) is 4.79 Å². The van der Waals surface area contributed by atoms with Crippen LogP contribution in [0.15, 0.2) is 76.1 Å². The van der Waals surface area contributed by atoms with Crippen LogP contribution >= 0.6 is 12.2 Å². The first-order valence-corrected chi connectivity index (χ1v) is 10.7. The van der Waals surface area contributed by atoms with Crippen LogP contribution in [0.2, 0.25) is 0 Å². The number of hydrogen-bond acceptors (Lipinski definition) is 5. The van der Waals surface area contributed by atoms with Gasteiger partial charge in [-0.25, -0.2) is 0 Å². The molecule has 0 bridgehead atoms. The molecule has 2 aromatic carbocycles. The van der Waals surface area contributed by atoms with Crippen LogP contribution in [0.25, 0.3) is 10.9 Å². The molecule has 0 saturated heterocycles. The lowest BCUT2D eigenvalue weighted by Crippen LogP contribution is -2.35. The van der Waals surface area contributed by atoms with Gasteiger partial charge in [0.05, 0.1) is 24.9 Å². The molecule has 5 rings (SSSR count). The lowest BCUT2D eigenvalue weighted by molar-refractivity contribution is 0.172. The van der Waals surface area contributed by atoms with Crippen molar-refractivity contribution in [1.82, 2.24) is 9.88 Å². The summed E-state index contributed by atoms with van der Waals surface area (Å²) in [7, 11) is 0. The number of thiocarbonyl (C=S) groups is 1. The highest BCUT2D eigenvalue weighted by Crippen LogP contribution is 2.33. The SMILES string of the molecule is O=c1[nH]c2cc3c(cc2cc1CN(Cc1ccco1)C(=S)Nc1ccccc1)OCCO3. The predicted molar refractivity (Wildman–Crippen MR) is 126 cm³/mol. The monoisotopic (exact) mass is 447 g/mol. The average Bonchev–Trinajstić information content (AvgIpc) is 3.32. The molecule has 1 aliphatic rings. The van der Waals surface area contributed by atoms with Gasteiger partial charge < -0.3 is 29.1 Å². The zero-order chi connectivity index (χ0) is 21.9. The van der Waals surface area contributed by atoms with Gasteiger partial charge in [-0.3, -0.25) is 4.79 Å². The standard InChI is InChI=1S/C24H21N3O4S/c28-23-17(11-16-12-21-22(13-20(16)26-23)31-10-9-30-21)14-27(15-19-7-4-8-29-19)24(32)25-18-5-2-1-3-6-18/h1-8,11-13H,9-10,14-15H2,(H,25,32)(H,26,28). The number of nitrogens with zero attached hydrogens (tertiary/aromatic N) is 1. The summed E-state index contributed by atoms with van der Waals surface area (Å²) in [5.74, 6) is 2.06. The van der Waals surface area contributed by atoms with E-state index in [2.05, 4.69) is 10.3 Å². The summed E-state index contributed by atoms with van der Waals surface area (Å²) >= 11 is 5.67. The second-order valence-electron chi connectivity index (χ2n) is 7.44. The molecule has 3 heterocycles. The van der Waals surface area contributed by atoms with Gasteiger partial charge in [0.25, 0.3) is 5.56 Å². The molecule has 8 heteroatoms. The Hall–Kier alpha value is -3.78. The first-order valence-electron chi connectivity index (χ1n) is 10.2. The van der Waals surface area contributed by atoms with Crippen molar-refractivity contribution < 1.29 is 13.9 Å². The van der Waals surface area contributed by atoms with Crippen molar-refractivity contribution in [2.75, 3.05) is 18.5 Å². The molecule has 7 nitrogen and oxygen atoms in total. The van der Waals surface area contributed by atoms with Gasteiger partial charge in [-0.1, -0.05) is 18.2 Å². The van der Waals surface area contributed by atoms with E-state index in [1.165, 1.54) is 0 Å². The van der Waals surface area contributed by atoms with Crippen molar-refractivity contribution in [1.29, 1.82) is 0 Å². The fourth-order valence-electron chi connectivity index (χ4n) is 3.63. The number of aromatic amines is 1. The molecule has 162 valence electrons. The van der Waals surface area contributed by atoms with Crippen LogP contribution in [-0.4, -0.2) is 28.2 Å². The molecule has 0 amide bonds. The normalized spacial score (nSPS) is 12.5. The first kappa shape index (κ1) is 20.1. The molecule has 1 aliphatic heterocycles. The molecule has 0 unspecified atom stereocenters. The van der Waals surface area contributed by atoms with Gasteiger partial charge in [-0.05, 0) is 48.6 Å². The molecule has 0 radical (unpaired) electrons. The Morgan fingerprint density at radius 1 is 1.00 bits per heavy atom. The van der Waals surface area contributed by atoms with E-state index >= 15 is 0 Å². The number of H-pyrrole nitrogens is 1. The summed E-state index contributed by atoms with van der Waals surface area (Å²) in [6.07, 6.45) is 1.62. The molecule has 0 spiro atoms. The fraction of sp³-hybridized carbons (Fsp3) is 0.167. The highest BCUT2D eigenvalue weighted by molar-refractivity contribution is 7.80. The maximum Gasteiger partial charge on any atom is 0.253 e. The summed E-state index contributed by atoms with van der Waals surface area (Å²) in [5, 5.41) is 4.60. The third-order valence-electron chi connectivity index (χ3n) is 5.18. The number of ether oxygens (including phenoxy) is 2. The lowest BCUT2D eigenvalue weighted by Gasteiger charge is -2.25. The third kappa shape index (κ3) is 4.31. The minimum atomic E-state index is -0.180. The second-order valence-corrected chi connectivity index (χ2v) is 7.83. The van der Waals surface area contributed by atoms with E-state index in [4.69, 9.17) is 26.1 Å². The highest BCUT2D eigenvalue weighted by Gasteiger charge is 2.18. The number of furan rings is 1. The summed E-state index contributed by atoms with van der Waals surface area (Å²) in [4.78, 5) is 17.7. The number of anilines is 1. The molecular weight excluding hydrogens is 426 g/mol. The summed E-state index contributed by atoms with van der Waals surface area (Å²) in [6.45, 7) is 1.73. The molecule has 0 aliphatic carbocycles. The minimum absolute atomic E-state index is 0.180. The quantitative estimate of drug-likeness (QED) is 0.442. The highest BCUT2D eigenvalue weighted by atomic mass is 32.1. The number of rotatable bonds is 5. The smallest absolute Gasteiger partial charge is 0.253 e. The average molecular weight is 448 g/mol. The molecule has 2 N–H and O–H groups in total. The van der Waals surface area contributed by atoms with Crippen molar-refractivity contribution in [2.45, 2.75) is 13.1 Å². The number of benzene rings is 2. The van der Waals surface area contributed by atoms with Crippen molar-refractivity contribution >= 4 is 33.9 Å². The largest absolute Gasteiger partial charge is 0.486 e. The Labute approximate surface area is 189 Å². The van der Waals surface area contributed by atoms with Crippen molar-refractivity contribution in [3.8, 4) is 11.5 Å². The van der Waals surface area contributed by atoms with Gasteiger partial charge in [0.15, 0.2) is 16.6 Å². The Morgan fingerprint density at radius 3 is 2.53 bits per heavy atom. The topological polar surface area (TPSA) is 79.7 Å². The van der Waals surface area contributed by atoms with Crippen LogP contribution in [0, 0.1) is 0 Å². The van der Waals surface area contributed by atoms with Gasteiger partial charge in [0.1, 0.15) is 19.0 Å². The van der Waals surface area contributed by atoms with Crippen LogP contribution < -0.4 is 20.3 Å². The molecule has 0 saturated carbocycles. The number of aromatic nitrogens is 1. The zero-order valence-electron chi connectivity index (χ0n) is 17.2. The van der Waals surface area contributed by atoms with Gasteiger partial charge in [-0.15, -0.1) is 0 Å². The predicted octanol–water partition coefficient (Wildman–Crippen LogP) is 4.29. The molecule has 4 aromatic rings. The van der Waals surface area contributed by atoms with Gasteiger partial charge >= 0.3 is 0 Å². The van der Waals surface area contributed by atoms with Crippen molar-refractivity contribution in [2.24, 2.45) is 0 Å². The Bertz CT molecular complexity index is 1300. The van der Waals surface area contributed by atoms with Crippen LogP contribution in [0.5, 0.6) is 11.5 Å². The van der Waals surface area contributed by atoms with Gasteiger partial charge in [-0.2, -0.15) is 0 Å². The molecule has 2 aromatic heterocycles. The van der Waals surface area contributed by atoms with Gasteiger partial charge in [0, 0.05) is 22.7 Å². The Balaban J connectivity index is 1.45. The molecule has 0 atom stereocenters. The fourth-order valence-corrected chi connectivity index (χ4v) is 3.87. The lowest BCUT2D eigenvalue weighted by atomic mass is 10.1. The van der Waals surface area contributed by atoms with E-state index in [0.717, 1.165) is 16.8 Å². The van der Waals surface area contributed by atoms with Crippen LogP contribution in [-0.2, 0) is 13.1 Å². The van der Waals surface area contributed by atoms with Crippen LogP contribution in [0.1, 0.15) is 11.3 Å². The molecular formula is C24H21N3O4S. The maximum atomic E-state index is 12.9. The Morgan fingerprint density at radius 2 is 1.78 bits per heavy atom. The van der Waals surface area contributed by atoms with E-state index in [0.29, 0.717) is 54.0 Å². The summed E-state index contributed by atoms with van der Waals surface area (Å²) in [5.41, 5.74) is 1.97.